The Bertz CT molecular complexity index is 828. The van der Waals surface area contributed by atoms with E-state index in [9.17, 15) is 26.3 Å². The van der Waals surface area contributed by atoms with Gasteiger partial charge in [-0.25, -0.2) is 26.3 Å². The van der Waals surface area contributed by atoms with Gasteiger partial charge in [-0.05, 0) is 72.9 Å². The first-order valence-electron chi connectivity index (χ1n) is 10.2. The highest BCUT2D eigenvalue weighted by atomic mass is 19.3. The van der Waals surface area contributed by atoms with E-state index in [1.165, 1.54) is 12.1 Å². The maximum atomic E-state index is 14.8. The van der Waals surface area contributed by atoms with Gasteiger partial charge in [-0.1, -0.05) is 19.8 Å². The molecule has 0 atom stereocenters. The molecule has 0 saturated heterocycles. The zero-order valence-electron chi connectivity index (χ0n) is 16.7. The second-order valence-electron chi connectivity index (χ2n) is 7.84. The van der Waals surface area contributed by atoms with Gasteiger partial charge in [-0.15, -0.1) is 0 Å². The summed E-state index contributed by atoms with van der Waals surface area (Å²) in [5.41, 5.74) is -0.374. The minimum atomic E-state index is -2.91. The summed E-state index contributed by atoms with van der Waals surface area (Å²) in [5, 5.41) is 0. The van der Waals surface area contributed by atoms with Crippen molar-refractivity contribution in [2.75, 3.05) is 6.61 Å². The van der Waals surface area contributed by atoms with Crippen LogP contribution in [0.3, 0.4) is 0 Å². The molecule has 1 aliphatic carbocycles. The van der Waals surface area contributed by atoms with E-state index in [0.717, 1.165) is 38.5 Å². The molecule has 0 amide bonds. The molecule has 0 heterocycles. The zero-order valence-corrected chi connectivity index (χ0v) is 16.7. The fraction of sp³-hybridized carbons (Fsp3) is 0.478. The predicted octanol–water partition coefficient (Wildman–Crippen LogP) is 7.63. The van der Waals surface area contributed by atoms with Crippen LogP contribution in [0.4, 0.5) is 26.3 Å². The Labute approximate surface area is 172 Å². The molecule has 0 aliphatic heterocycles. The van der Waals surface area contributed by atoms with Crippen LogP contribution in [0.5, 0.6) is 5.75 Å². The molecule has 0 spiro atoms. The first-order chi connectivity index (χ1) is 14.3. The summed E-state index contributed by atoms with van der Waals surface area (Å²) in [6.07, 6.45) is 3.09. The van der Waals surface area contributed by atoms with Crippen molar-refractivity contribution < 1.29 is 31.1 Å². The van der Waals surface area contributed by atoms with Crippen molar-refractivity contribution in [1.82, 2.24) is 0 Å². The van der Waals surface area contributed by atoms with Crippen LogP contribution in [0.15, 0.2) is 24.3 Å². The summed E-state index contributed by atoms with van der Waals surface area (Å²) in [6.45, 7) is 0.948. The second-order valence-corrected chi connectivity index (χ2v) is 7.84. The Morgan fingerprint density at radius 3 is 1.93 bits per heavy atom. The number of benzene rings is 2. The molecule has 1 saturated carbocycles. The van der Waals surface area contributed by atoms with Gasteiger partial charge in [0, 0.05) is 0 Å². The summed E-state index contributed by atoms with van der Waals surface area (Å²) >= 11 is 0. The number of hydrogen-bond donors (Lipinski definition) is 0. The predicted molar refractivity (Wildman–Crippen MR) is 103 cm³/mol. The number of alkyl halides is 2. The highest BCUT2D eigenvalue weighted by Gasteiger charge is 2.25. The lowest BCUT2D eigenvalue weighted by molar-refractivity contribution is 0.0777. The van der Waals surface area contributed by atoms with Gasteiger partial charge in [0.15, 0.2) is 17.4 Å². The quantitative estimate of drug-likeness (QED) is 0.411. The highest BCUT2D eigenvalue weighted by Crippen LogP contribution is 2.40. The standard InChI is InChI=1S/C23H24F6O/c1-2-3-13-4-6-14(7-5-13)15-8-17(24)22(18(25)9-15)16-10-19(26)23(20(27)11-16)30-12-21(28)29/h8-11,13-14,21H,2-7,12H2,1H3. The minimum absolute atomic E-state index is 0.0507. The van der Waals surface area contributed by atoms with E-state index in [0.29, 0.717) is 23.6 Å². The van der Waals surface area contributed by atoms with Crippen LogP contribution in [0.2, 0.25) is 0 Å². The minimum Gasteiger partial charge on any atom is -0.482 e. The van der Waals surface area contributed by atoms with Crippen LogP contribution in [0.1, 0.15) is 56.9 Å². The number of hydrogen-bond acceptors (Lipinski definition) is 1. The molecule has 1 aliphatic rings. The Balaban J connectivity index is 1.84. The Hall–Kier alpha value is -2.18. The third kappa shape index (κ3) is 5.10. The van der Waals surface area contributed by atoms with E-state index in [2.05, 4.69) is 11.7 Å². The molecule has 0 N–H and O–H groups in total. The van der Waals surface area contributed by atoms with Gasteiger partial charge in [0.05, 0.1) is 5.56 Å². The van der Waals surface area contributed by atoms with Gasteiger partial charge >= 0.3 is 0 Å². The normalized spacial score (nSPS) is 19.3. The average molecular weight is 430 g/mol. The van der Waals surface area contributed by atoms with Crippen molar-refractivity contribution in [1.29, 1.82) is 0 Å². The van der Waals surface area contributed by atoms with Crippen LogP contribution in [0, 0.1) is 29.2 Å². The van der Waals surface area contributed by atoms with Crippen molar-refractivity contribution in [2.45, 2.75) is 57.8 Å². The fourth-order valence-corrected chi connectivity index (χ4v) is 4.29. The first-order valence-corrected chi connectivity index (χ1v) is 10.2. The van der Waals surface area contributed by atoms with Gasteiger partial charge in [0.2, 0.25) is 0 Å². The molecular formula is C23H24F6O. The van der Waals surface area contributed by atoms with E-state index < -0.39 is 47.6 Å². The molecule has 164 valence electrons. The molecule has 1 fully saturated rings. The van der Waals surface area contributed by atoms with E-state index in [-0.39, 0.29) is 11.5 Å². The van der Waals surface area contributed by atoms with Crippen LogP contribution < -0.4 is 4.74 Å². The number of halogens is 6. The van der Waals surface area contributed by atoms with Gasteiger partial charge < -0.3 is 4.74 Å². The van der Waals surface area contributed by atoms with Crippen molar-refractivity contribution in [3.63, 3.8) is 0 Å². The average Bonchev–Trinajstić information content (AvgIpc) is 2.67. The lowest BCUT2D eigenvalue weighted by Crippen LogP contribution is -2.13. The number of rotatable bonds is 7. The third-order valence-electron chi connectivity index (χ3n) is 5.72. The topological polar surface area (TPSA) is 9.23 Å². The molecule has 30 heavy (non-hydrogen) atoms. The second kappa shape index (κ2) is 9.75. The third-order valence-corrected chi connectivity index (χ3v) is 5.72. The lowest BCUT2D eigenvalue weighted by atomic mass is 9.77. The molecule has 2 aromatic carbocycles. The first kappa shape index (κ1) is 22.5. The van der Waals surface area contributed by atoms with Gasteiger partial charge in [-0.3, -0.25) is 0 Å². The lowest BCUT2D eigenvalue weighted by Gasteiger charge is -2.29. The summed E-state index contributed by atoms with van der Waals surface area (Å²) in [6, 6.07) is 3.81. The van der Waals surface area contributed by atoms with Crippen LogP contribution in [0.25, 0.3) is 11.1 Å². The Morgan fingerprint density at radius 2 is 1.43 bits per heavy atom. The molecule has 0 aromatic heterocycles. The summed E-state index contributed by atoms with van der Waals surface area (Å²) in [7, 11) is 0. The van der Waals surface area contributed by atoms with Crippen LogP contribution in [-0.4, -0.2) is 13.0 Å². The van der Waals surface area contributed by atoms with E-state index in [1.54, 1.807) is 0 Å². The van der Waals surface area contributed by atoms with Crippen molar-refractivity contribution >= 4 is 0 Å². The molecular weight excluding hydrogens is 406 g/mol. The smallest absolute Gasteiger partial charge is 0.272 e. The molecule has 7 heteroatoms. The Morgan fingerprint density at radius 1 is 0.867 bits per heavy atom. The molecule has 0 unspecified atom stereocenters. The monoisotopic (exact) mass is 430 g/mol. The highest BCUT2D eigenvalue weighted by molar-refractivity contribution is 5.66. The van der Waals surface area contributed by atoms with E-state index in [1.807, 2.05) is 0 Å². The molecule has 1 nitrogen and oxygen atoms in total. The molecule has 0 bridgehead atoms. The maximum absolute atomic E-state index is 14.8. The van der Waals surface area contributed by atoms with Gasteiger partial charge in [-0.2, -0.15) is 0 Å². The molecule has 3 rings (SSSR count). The van der Waals surface area contributed by atoms with Crippen LogP contribution in [-0.2, 0) is 0 Å². The summed E-state index contributed by atoms with van der Waals surface area (Å²) in [4.78, 5) is 0. The molecule has 2 aromatic rings. The summed E-state index contributed by atoms with van der Waals surface area (Å²) in [5.74, 6) is -4.74. The van der Waals surface area contributed by atoms with E-state index in [4.69, 9.17) is 0 Å². The molecule has 0 radical (unpaired) electrons. The maximum Gasteiger partial charge on any atom is 0.272 e. The number of ether oxygens (including phenoxy) is 1. The van der Waals surface area contributed by atoms with Crippen molar-refractivity contribution in [3.05, 3.63) is 53.1 Å². The van der Waals surface area contributed by atoms with Gasteiger partial charge in [0.25, 0.3) is 6.43 Å². The summed E-state index contributed by atoms with van der Waals surface area (Å²) < 4.78 is 86.6. The van der Waals surface area contributed by atoms with Crippen molar-refractivity contribution in [3.8, 4) is 16.9 Å². The van der Waals surface area contributed by atoms with E-state index >= 15 is 0 Å². The van der Waals surface area contributed by atoms with Crippen molar-refractivity contribution in [2.24, 2.45) is 5.92 Å². The van der Waals surface area contributed by atoms with Gasteiger partial charge in [0.1, 0.15) is 18.2 Å². The Kier molecular flexibility index (Phi) is 7.32. The van der Waals surface area contributed by atoms with Crippen LogP contribution >= 0.6 is 0 Å². The largest absolute Gasteiger partial charge is 0.482 e. The zero-order chi connectivity index (χ0) is 21.8. The fourth-order valence-electron chi connectivity index (χ4n) is 4.29. The SMILES string of the molecule is CCCC1CCC(c2cc(F)c(-c3cc(F)c(OCC(F)F)c(F)c3)c(F)c2)CC1.